The van der Waals surface area contributed by atoms with Crippen LogP contribution in [-0.4, -0.2) is 5.71 Å². The number of aliphatic imine (C=N–C) groups is 1. The van der Waals surface area contributed by atoms with Crippen LogP contribution in [0.15, 0.2) is 47.6 Å². The molecule has 90 valence electrons. The van der Waals surface area contributed by atoms with E-state index < -0.39 is 0 Å². The van der Waals surface area contributed by atoms with Crippen LogP contribution in [0.1, 0.15) is 31.9 Å². The Balaban J connectivity index is 3.14. The molecule has 17 heavy (non-hydrogen) atoms. The van der Waals surface area contributed by atoms with Gasteiger partial charge in [-0.15, -0.1) is 0 Å². The first-order valence-corrected chi connectivity index (χ1v) is 5.71. The topological polar surface area (TPSA) is 12.4 Å². The van der Waals surface area contributed by atoms with E-state index >= 15 is 0 Å². The Morgan fingerprint density at radius 2 is 2.12 bits per heavy atom. The highest BCUT2D eigenvalue weighted by molar-refractivity contribution is 6.00. The van der Waals surface area contributed by atoms with E-state index in [0.717, 1.165) is 28.8 Å². The molecule has 0 unspecified atom stereocenters. The average Bonchev–Trinajstić information content (AvgIpc) is 2.35. The number of nitrogens with zero attached hydrogens (tertiary/aromatic N) is 1. The fraction of sp³-hybridized carbons (Fsp3) is 0.267. The average molecular weight is 231 g/mol. The SMILES string of the molecule is C=C/C(C)=C\N=C(/C)c1cc(F)ccc1CC. The number of aryl methyl sites for hydroxylation is 1. The van der Waals surface area contributed by atoms with Crippen molar-refractivity contribution in [2.75, 3.05) is 0 Å². The lowest BCUT2D eigenvalue weighted by molar-refractivity contribution is 0.626. The predicted octanol–water partition coefficient (Wildman–Crippen LogP) is 4.29. The summed E-state index contributed by atoms with van der Waals surface area (Å²) in [6.07, 6.45) is 4.35. The zero-order valence-corrected chi connectivity index (χ0v) is 10.6. The molecular weight excluding hydrogens is 213 g/mol. The summed E-state index contributed by atoms with van der Waals surface area (Å²) in [7, 11) is 0. The Labute approximate surface area is 102 Å². The van der Waals surface area contributed by atoms with Crippen LogP contribution in [0.3, 0.4) is 0 Å². The minimum absolute atomic E-state index is 0.226. The van der Waals surface area contributed by atoms with Crippen LogP contribution in [0.5, 0.6) is 0 Å². The van der Waals surface area contributed by atoms with Crippen LogP contribution in [0.25, 0.3) is 0 Å². The molecule has 0 saturated carbocycles. The summed E-state index contributed by atoms with van der Waals surface area (Å²) in [6, 6.07) is 4.84. The van der Waals surface area contributed by atoms with Crippen LogP contribution in [0, 0.1) is 5.82 Å². The van der Waals surface area contributed by atoms with Crippen molar-refractivity contribution < 1.29 is 4.39 Å². The first kappa shape index (κ1) is 13.4. The van der Waals surface area contributed by atoms with E-state index in [9.17, 15) is 4.39 Å². The van der Waals surface area contributed by atoms with E-state index in [-0.39, 0.29) is 5.82 Å². The van der Waals surface area contributed by atoms with Gasteiger partial charge < -0.3 is 0 Å². The molecule has 0 spiro atoms. The normalized spacial score (nSPS) is 12.7. The van der Waals surface area contributed by atoms with Crippen LogP contribution >= 0.6 is 0 Å². The van der Waals surface area contributed by atoms with Crippen molar-refractivity contribution in [3.63, 3.8) is 0 Å². The molecule has 0 radical (unpaired) electrons. The molecule has 0 atom stereocenters. The number of benzene rings is 1. The largest absolute Gasteiger partial charge is 0.261 e. The summed E-state index contributed by atoms with van der Waals surface area (Å²) in [4.78, 5) is 4.33. The number of hydrogen-bond donors (Lipinski definition) is 0. The predicted molar refractivity (Wildman–Crippen MR) is 71.9 cm³/mol. The van der Waals surface area contributed by atoms with Gasteiger partial charge in [0.25, 0.3) is 0 Å². The van der Waals surface area contributed by atoms with Gasteiger partial charge in [-0.2, -0.15) is 0 Å². The molecule has 0 aliphatic carbocycles. The lowest BCUT2D eigenvalue weighted by atomic mass is 10.0. The zero-order valence-electron chi connectivity index (χ0n) is 10.6. The second-order valence-corrected chi connectivity index (χ2v) is 3.95. The number of allylic oxidation sites excluding steroid dienone is 2. The summed E-state index contributed by atoms with van der Waals surface area (Å²) in [5.74, 6) is -0.226. The highest BCUT2D eigenvalue weighted by Crippen LogP contribution is 2.14. The molecule has 1 rings (SSSR count). The molecule has 0 fully saturated rings. The third-order valence-electron chi connectivity index (χ3n) is 2.63. The monoisotopic (exact) mass is 231 g/mol. The van der Waals surface area contributed by atoms with Gasteiger partial charge in [-0.1, -0.05) is 25.6 Å². The summed E-state index contributed by atoms with van der Waals surface area (Å²) in [5.41, 5.74) is 3.79. The van der Waals surface area contributed by atoms with Gasteiger partial charge in [-0.25, -0.2) is 4.39 Å². The minimum Gasteiger partial charge on any atom is -0.261 e. The van der Waals surface area contributed by atoms with Gasteiger partial charge in [0.05, 0.1) is 0 Å². The molecule has 2 heteroatoms. The molecule has 0 N–H and O–H groups in total. The third-order valence-corrected chi connectivity index (χ3v) is 2.63. The lowest BCUT2D eigenvalue weighted by Gasteiger charge is -2.07. The van der Waals surface area contributed by atoms with Crippen LogP contribution in [0.2, 0.25) is 0 Å². The maximum Gasteiger partial charge on any atom is 0.123 e. The van der Waals surface area contributed by atoms with E-state index in [2.05, 4.69) is 18.5 Å². The summed E-state index contributed by atoms with van der Waals surface area (Å²) in [5, 5.41) is 0. The van der Waals surface area contributed by atoms with E-state index in [4.69, 9.17) is 0 Å². The molecular formula is C15H18FN. The van der Waals surface area contributed by atoms with Crippen molar-refractivity contribution in [2.24, 2.45) is 4.99 Å². The van der Waals surface area contributed by atoms with Crippen molar-refractivity contribution in [2.45, 2.75) is 27.2 Å². The highest BCUT2D eigenvalue weighted by Gasteiger charge is 2.05. The van der Waals surface area contributed by atoms with Gasteiger partial charge in [0.2, 0.25) is 0 Å². The Bertz CT molecular complexity index is 470. The fourth-order valence-corrected chi connectivity index (χ4v) is 1.51. The van der Waals surface area contributed by atoms with E-state index in [0.29, 0.717) is 0 Å². The molecule has 0 aromatic heterocycles. The summed E-state index contributed by atoms with van der Waals surface area (Å²) >= 11 is 0. The quantitative estimate of drug-likeness (QED) is 0.541. The second-order valence-electron chi connectivity index (χ2n) is 3.95. The summed E-state index contributed by atoms with van der Waals surface area (Å²) < 4.78 is 13.2. The van der Waals surface area contributed by atoms with Crippen molar-refractivity contribution in [1.82, 2.24) is 0 Å². The van der Waals surface area contributed by atoms with Gasteiger partial charge in [0, 0.05) is 17.5 Å². The molecule has 0 amide bonds. The number of halogens is 1. The van der Waals surface area contributed by atoms with Crippen molar-refractivity contribution in [1.29, 1.82) is 0 Å². The first-order valence-electron chi connectivity index (χ1n) is 5.71. The molecule has 1 aromatic carbocycles. The van der Waals surface area contributed by atoms with Crippen molar-refractivity contribution >= 4 is 5.71 Å². The van der Waals surface area contributed by atoms with Gasteiger partial charge in [-0.3, -0.25) is 4.99 Å². The third kappa shape index (κ3) is 3.66. The van der Waals surface area contributed by atoms with E-state index in [1.54, 1.807) is 12.3 Å². The van der Waals surface area contributed by atoms with Crippen LogP contribution in [0.4, 0.5) is 4.39 Å². The van der Waals surface area contributed by atoms with Crippen molar-refractivity contribution in [3.8, 4) is 0 Å². The Kier molecular flexibility index (Phi) is 4.83. The molecule has 0 aliphatic rings. The Morgan fingerprint density at radius 1 is 1.41 bits per heavy atom. The van der Waals surface area contributed by atoms with Gasteiger partial charge in [0.15, 0.2) is 0 Å². The second kappa shape index (κ2) is 6.14. The summed E-state index contributed by atoms with van der Waals surface area (Å²) in [6.45, 7) is 9.53. The van der Waals surface area contributed by atoms with E-state index in [1.807, 2.05) is 19.9 Å². The smallest absolute Gasteiger partial charge is 0.123 e. The molecule has 0 saturated heterocycles. The standard InChI is InChI=1S/C15H18FN/c1-5-11(3)10-17-12(4)15-9-14(16)8-7-13(15)6-2/h5,7-10H,1,6H2,2-4H3/b11-10-,17-12+. The van der Waals surface area contributed by atoms with Gasteiger partial charge in [-0.05, 0) is 43.5 Å². The molecule has 1 aromatic rings. The Morgan fingerprint density at radius 3 is 2.71 bits per heavy atom. The van der Waals surface area contributed by atoms with Crippen molar-refractivity contribution in [3.05, 3.63) is 59.6 Å². The first-order chi connectivity index (χ1) is 8.08. The maximum absolute atomic E-state index is 13.2. The molecule has 0 heterocycles. The minimum atomic E-state index is -0.226. The van der Waals surface area contributed by atoms with Crippen LogP contribution in [-0.2, 0) is 6.42 Å². The van der Waals surface area contributed by atoms with Gasteiger partial charge in [0.1, 0.15) is 5.82 Å². The maximum atomic E-state index is 13.2. The van der Waals surface area contributed by atoms with E-state index in [1.165, 1.54) is 12.1 Å². The molecule has 1 nitrogen and oxygen atoms in total. The molecule has 0 bridgehead atoms. The van der Waals surface area contributed by atoms with Crippen LogP contribution < -0.4 is 0 Å². The lowest BCUT2D eigenvalue weighted by Crippen LogP contribution is -2.00. The Hall–Kier alpha value is -1.70. The number of hydrogen-bond acceptors (Lipinski definition) is 1. The molecule has 0 aliphatic heterocycles. The number of rotatable bonds is 4. The fourth-order valence-electron chi connectivity index (χ4n) is 1.51. The highest BCUT2D eigenvalue weighted by atomic mass is 19.1. The zero-order chi connectivity index (χ0) is 12.8. The van der Waals surface area contributed by atoms with Gasteiger partial charge >= 0.3 is 0 Å².